The Kier molecular flexibility index (Phi) is 3.56. The number of rotatable bonds is 3. The molecule has 0 aliphatic rings. The molecule has 0 radical (unpaired) electrons. The second-order valence-electron chi connectivity index (χ2n) is 2.22. The monoisotopic (exact) mass is 181 g/mol. The van der Waals surface area contributed by atoms with Crippen molar-refractivity contribution in [3.05, 3.63) is 24.0 Å². The standard InChI is InChI=1S/C8H11N3O2/c1-2-13-8(12)11-10-6-7-4-3-5-9-7/h3-6,9H,2H2,1H3,(H,11,12)/b10-6+. The molecule has 0 aliphatic heterocycles. The molecule has 0 aromatic carbocycles. The van der Waals surface area contributed by atoms with Crippen LogP contribution in [0.2, 0.25) is 0 Å². The van der Waals surface area contributed by atoms with Crippen LogP contribution in [-0.2, 0) is 4.74 Å². The molecule has 5 heteroatoms. The van der Waals surface area contributed by atoms with Gasteiger partial charge in [0.15, 0.2) is 0 Å². The maximum absolute atomic E-state index is 10.7. The quantitative estimate of drug-likeness (QED) is 0.541. The zero-order valence-electron chi connectivity index (χ0n) is 7.28. The van der Waals surface area contributed by atoms with E-state index in [9.17, 15) is 4.79 Å². The van der Waals surface area contributed by atoms with Gasteiger partial charge in [-0.3, -0.25) is 0 Å². The van der Waals surface area contributed by atoms with Crippen LogP contribution in [0.5, 0.6) is 0 Å². The molecule has 0 spiro atoms. The van der Waals surface area contributed by atoms with Gasteiger partial charge >= 0.3 is 6.09 Å². The van der Waals surface area contributed by atoms with Crippen LogP contribution in [0.4, 0.5) is 4.79 Å². The third-order valence-electron chi connectivity index (χ3n) is 1.26. The van der Waals surface area contributed by atoms with Crippen molar-refractivity contribution in [3.63, 3.8) is 0 Å². The van der Waals surface area contributed by atoms with Crippen LogP contribution in [0.1, 0.15) is 12.6 Å². The largest absolute Gasteiger partial charge is 0.449 e. The molecule has 0 aliphatic carbocycles. The van der Waals surface area contributed by atoms with E-state index in [1.807, 2.05) is 12.1 Å². The maximum Gasteiger partial charge on any atom is 0.427 e. The molecule has 70 valence electrons. The molecule has 1 aromatic heterocycles. The van der Waals surface area contributed by atoms with E-state index >= 15 is 0 Å². The van der Waals surface area contributed by atoms with Gasteiger partial charge in [-0.15, -0.1) is 0 Å². The highest BCUT2D eigenvalue weighted by molar-refractivity contribution is 5.78. The van der Waals surface area contributed by atoms with E-state index in [4.69, 9.17) is 0 Å². The molecule has 1 aromatic rings. The number of carbonyl (C=O) groups excluding carboxylic acids is 1. The minimum atomic E-state index is -0.551. The van der Waals surface area contributed by atoms with Crippen molar-refractivity contribution in [2.75, 3.05) is 6.61 Å². The summed E-state index contributed by atoms with van der Waals surface area (Å²) in [6, 6.07) is 3.67. The lowest BCUT2D eigenvalue weighted by atomic mass is 10.5. The van der Waals surface area contributed by atoms with Crippen molar-refractivity contribution >= 4 is 12.3 Å². The number of nitrogens with zero attached hydrogens (tertiary/aromatic N) is 1. The Hall–Kier alpha value is -1.78. The highest BCUT2D eigenvalue weighted by Gasteiger charge is 1.94. The van der Waals surface area contributed by atoms with Gasteiger partial charge in [0.05, 0.1) is 18.5 Å². The third-order valence-corrected chi connectivity index (χ3v) is 1.26. The summed E-state index contributed by atoms with van der Waals surface area (Å²) in [5, 5.41) is 3.65. The zero-order valence-corrected chi connectivity index (χ0v) is 7.28. The number of ether oxygens (including phenoxy) is 1. The van der Waals surface area contributed by atoms with Gasteiger partial charge in [-0.05, 0) is 19.1 Å². The van der Waals surface area contributed by atoms with Crippen LogP contribution in [0.25, 0.3) is 0 Å². The molecular formula is C8H11N3O2. The van der Waals surface area contributed by atoms with E-state index in [1.165, 1.54) is 6.21 Å². The predicted octanol–water partition coefficient (Wildman–Crippen LogP) is 1.09. The number of H-pyrrole nitrogens is 1. The Morgan fingerprint density at radius 3 is 3.31 bits per heavy atom. The summed E-state index contributed by atoms with van der Waals surface area (Å²) in [5.74, 6) is 0. The Morgan fingerprint density at radius 1 is 1.85 bits per heavy atom. The molecule has 0 atom stereocenters. The molecule has 1 heterocycles. The Labute approximate surface area is 75.8 Å². The first kappa shape index (κ1) is 9.31. The summed E-state index contributed by atoms with van der Waals surface area (Å²) in [6.45, 7) is 2.07. The smallest absolute Gasteiger partial charge is 0.427 e. The maximum atomic E-state index is 10.7. The molecule has 0 saturated heterocycles. The highest BCUT2D eigenvalue weighted by Crippen LogP contribution is 1.88. The molecule has 2 N–H and O–H groups in total. The topological polar surface area (TPSA) is 66.5 Å². The van der Waals surface area contributed by atoms with Crippen LogP contribution in [-0.4, -0.2) is 23.9 Å². The van der Waals surface area contributed by atoms with E-state index in [2.05, 4.69) is 20.2 Å². The predicted molar refractivity (Wildman–Crippen MR) is 48.5 cm³/mol. The average Bonchev–Trinajstić information content (AvgIpc) is 2.57. The lowest BCUT2D eigenvalue weighted by Gasteiger charge is -1.97. The average molecular weight is 181 g/mol. The minimum Gasteiger partial charge on any atom is -0.449 e. The van der Waals surface area contributed by atoms with Crippen molar-refractivity contribution in [1.29, 1.82) is 0 Å². The van der Waals surface area contributed by atoms with Crippen LogP contribution >= 0.6 is 0 Å². The fourth-order valence-electron chi connectivity index (χ4n) is 0.742. The van der Waals surface area contributed by atoms with E-state index in [0.717, 1.165) is 5.69 Å². The lowest BCUT2D eigenvalue weighted by molar-refractivity contribution is 0.152. The fourth-order valence-corrected chi connectivity index (χ4v) is 0.742. The van der Waals surface area contributed by atoms with Gasteiger partial charge in [0.25, 0.3) is 0 Å². The summed E-state index contributed by atoms with van der Waals surface area (Å²) in [4.78, 5) is 13.6. The van der Waals surface area contributed by atoms with Gasteiger partial charge in [-0.25, -0.2) is 10.2 Å². The molecule has 0 fully saturated rings. The number of hydrogen-bond acceptors (Lipinski definition) is 3. The Balaban J connectivity index is 2.30. The van der Waals surface area contributed by atoms with Crippen molar-refractivity contribution in [2.24, 2.45) is 5.10 Å². The van der Waals surface area contributed by atoms with Crippen molar-refractivity contribution in [3.8, 4) is 0 Å². The van der Waals surface area contributed by atoms with E-state index in [1.54, 1.807) is 13.1 Å². The van der Waals surface area contributed by atoms with Crippen LogP contribution in [0.3, 0.4) is 0 Å². The van der Waals surface area contributed by atoms with E-state index in [0.29, 0.717) is 6.61 Å². The number of aromatic nitrogens is 1. The van der Waals surface area contributed by atoms with Crippen molar-refractivity contribution < 1.29 is 9.53 Å². The highest BCUT2D eigenvalue weighted by atomic mass is 16.5. The number of amides is 1. The molecule has 0 bridgehead atoms. The molecule has 5 nitrogen and oxygen atoms in total. The van der Waals surface area contributed by atoms with Gasteiger partial charge < -0.3 is 9.72 Å². The van der Waals surface area contributed by atoms with Crippen molar-refractivity contribution in [2.45, 2.75) is 6.92 Å². The van der Waals surface area contributed by atoms with Gasteiger partial charge in [0, 0.05) is 6.20 Å². The minimum absolute atomic E-state index is 0.337. The number of nitrogens with one attached hydrogen (secondary N) is 2. The molecule has 0 unspecified atom stereocenters. The molecule has 0 saturated carbocycles. The molecule has 13 heavy (non-hydrogen) atoms. The fraction of sp³-hybridized carbons (Fsp3) is 0.250. The van der Waals surface area contributed by atoms with E-state index < -0.39 is 6.09 Å². The summed E-state index contributed by atoms with van der Waals surface area (Å²) < 4.78 is 4.59. The number of hydrazone groups is 1. The summed E-state index contributed by atoms with van der Waals surface area (Å²) in [5.41, 5.74) is 3.03. The van der Waals surface area contributed by atoms with Gasteiger partial charge in [0.2, 0.25) is 0 Å². The molecule has 1 amide bonds. The number of hydrogen-bond donors (Lipinski definition) is 2. The van der Waals surface area contributed by atoms with E-state index in [-0.39, 0.29) is 0 Å². The molecule has 1 rings (SSSR count). The first-order chi connectivity index (χ1) is 6.33. The van der Waals surface area contributed by atoms with Gasteiger partial charge in [-0.2, -0.15) is 5.10 Å². The summed E-state index contributed by atoms with van der Waals surface area (Å²) in [6.07, 6.45) is 2.72. The number of carbonyl (C=O) groups is 1. The SMILES string of the molecule is CCOC(=O)N/N=C/c1ccc[nH]1. The van der Waals surface area contributed by atoms with Crippen molar-refractivity contribution in [1.82, 2.24) is 10.4 Å². The van der Waals surface area contributed by atoms with Crippen LogP contribution in [0, 0.1) is 0 Å². The van der Waals surface area contributed by atoms with Gasteiger partial charge in [0.1, 0.15) is 0 Å². The first-order valence-corrected chi connectivity index (χ1v) is 3.92. The first-order valence-electron chi connectivity index (χ1n) is 3.92. The number of aromatic amines is 1. The molecular weight excluding hydrogens is 170 g/mol. The lowest BCUT2D eigenvalue weighted by Crippen LogP contribution is -2.18. The second kappa shape index (κ2) is 4.97. The summed E-state index contributed by atoms with van der Waals surface area (Å²) >= 11 is 0. The van der Waals surface area contributed by atoms with Crippen LogP contribution in [0.15, 0.2) is 23.4 Å². The Morgan fingerprint density at radius 2 is 2.69 bits per heavy atom. The van der Waals surface area contributed by atoms with Gasteiger partial charge in [-0.1, -0.05) is 0 Å². The second-order valence-corrected chi connectivity index (χ2v) is 2.22. The Bertz CT molecular complexity index is 280. The zero-order chi connectivity index (χ0) is 9.52. The summed E-state index contributed by atoms with van der Waals surface area (Å²) in [7, 11) is 0. The normalized spacial score (nSPS) is 10.2. The third kappa shape index (κ3) is 3.42. The van der Waals surface area contributed by atoms with Crippen LogP contribution < -0.4 is 5.43 Å².